The van der Waals surface area contributed by atoms with Gasteiger partial charge in [-0.3, -0.25) is 0 Å². The number of benzene rings is 1. The first-order chi connectivity index (χ1) is 11.3. The number of urea groups is 1. The van der Waals surface area contributed by atoms with Crippen molar-refractivity contribution in [3.8, 4) is 0 Å². The van der Waals surface area contributed by atoms with Gasteiger partial charge >= 0.3 is 6.03 Å². The molecule has 0 radical (unpaired) electrons. The van der Waals surface area contributed by atoms with E-state index in [4.69, 9.17) is 4.52 Å². The Labute approximate surface area is 136 Å². The van der Waals surface area contributed by atoms with E-state index in [-0.39, 0.29) is 12.1 Å². The summed E-state index contributed by atoms with van der Waals surface area (Å²) in [7, 11) is 1.84. The van der Waals surface area contributed by atoms with Crippen molar-refractivity contribution >= 4 is 6.03 Å². The molecule has 3 rings (SSSR count). The normalized spacial score (nSPS) is 18.5. The summed E-state index contributed by atoms with van der Waals surface area (Å²) in [5.41, 5.74) is 1.12. The third kappa shape index (κ3) is 3.70. The highest BCUT2D eigenvalue weighted by Gasteiger charge is 2.31. The van der Waals surface area contributed by atoms with Crippen molar-refractivity contribution in [3.63, 3.8) is 0 Å². The standard InChI is InChI=1S/C17H22N4O2/c1-20(12-14-8-4-2-5-9-14)17(22)21-11-7-3-6-10-15(21)16-18-13-23-19-16/h2,4-5,8-9,13,15H,3,6-7,10-12H2,1H3/t15-/m1/s1. The maximum atomic E-state index is 12.9. The van der Waals surface area contributed by atoms with Crippen molar-refractivity contribution in [1.29, 1.82) is 0 Å². The Balaban J connectivity index is 1.74. The van der Waals surface area contributed by atoms with Gasteiger partial charge in [-0.25, -0.2) is 4.79 Å². The summed E-state index contributed by atoms with van der Waals surface area (Å²) >= 11 is 0. The van der Waals surface area contributed by atoms with Crippen LogP contribution in [0.1, 0.15) is 43.1 Å². The zero-order chi connectivity index (χ0) is 16.1. The van der Waals surface area contributed by atoms with Gasteiger partial charge < -0.3 is 14.3 Å². The Hall–Kier alpha value is -2.37. The van der Waals surface area contributed by atoms with Crippen molar-refractivity contribution in [2.75, 3.05) is 13.6 Å². The van der Waals surface area contributed by atoms with Crippen molar-refractivity contribution < 1.29 is 9.32 Å². The minimum atomic E-state index is -0.0954. The molecule has 1 atom stereocenters. The molecule has 2 aromatic rings. The van der Waals surface area contributed by atoms with E-state index in [1.54, 1.807) is 4.90 Å². The lowest BCUT2D eigenvalue weighted by atomic mass is 10.1. The zero-order valence-electron chi connectivity index (χ0n) is 13.4. The lowest BCUT2D eigenvalue weighted by molar-refractivity contribution is 0.137. The van der Waals surface area contributed by atoms with Gasteiger partial charge in [-0.05, 0) is 18.4 Å². The van der Waals surface area contributed by atoms with Crippen LogP contribution < -0.4 is 0 Å². The van der Waals surface area contributed by atoms with E-state index in [9.17, 15) is 4.79 Å². The summed E-state index contributed by atoms with van der Waals surface area (Å²) in [4.78, 5) is 20.7. The molecule has 1 aliphatic rings. The van der Waals surface area contributed by atoms with Gasteiger partial charge in [-0.1, -0.05) is 48.3 Å². The summed E-state index contributed by atoms with van der Waals surface area (Å²) in [5.74, 6) is 0.605. The first kappa shape index (κ1) is 15.5. The number of likely N-dealkylation sites (tertiary alicyclic amines) is 1. The molecular weight excluding hydrogens is 292 g/mol. The number of nitrogens with zero attached hydrogens (tertiary/aromatic N) is 4. The summed E-state index contributed by atoms with van der Waals surface area (Å²) in [6, 6.07) is 9.94. The molecule has 1 aliphatic heterocycles. The Morgan fingerprint density at radius 2 is 2.13 bits per heavy atom. The Bertz CT molecular complexity index is 615. The molecule has 1 saturated heterocycles. The number of aromatic nitrogens is 2. The van der Waals surface area contributed by atoms with Crippen LogP contribution in [0.3, 0.4) is 0 Å². The van der Waals surface area contributed by atoms with E-state index in [2.05, 4.69) is 10.1 Å². The van der Waals surface area contributed by atoms with E-state index in [1.807, 2.05) is 42.3 Å². The molecule has 0 saturated carbocycles. The van der Waals surface area contributed by atoms with E-state index in [0.717, 1.165) is 37.8 Å². The minimum absolute atomic E-state index is 0.0190. The van der Waals surface area contributed by atoms with Crippen LogP contribution in [0.15, 0.2) is 41.2 Å². The van der Waals surface area contributed by atoms with Crippen molar-refractivity contribution in [2.24, 2.45) is 0 Å². The SMILES string of the molecule is CN(Cc1ccccc1)C(=O)N1CCCCC[C@@H]1c1ncon1. The first-order valence-electron chi connectivity index (χ1n) is 8.07. The number of carbonyl (C=O) groups excluding carboxylic acids is 1. The van der Waals surface area contributed by atoms with Crippen molar-refractivity contribution in [1.82, 2.24) is 19.9 Å². The predicted molar refractivity (Wildman–Crippen MR) is 85.5 cm³/mol. The molecule has 0 N–H and O–H groups in total. The van der Waals surface area contributed by atoms with Gasteiger partial charge in [0.15, 0.2) is 5.82 Å². The second-order valence-corrected chi connectivity index (χ2v) is 5.97. The Morgan fingerprint density at radius 3 is 2.87 bits per heavy atom. The van der Waals surface area contributed by atoms with Gasteiger partial charge in [0.25, 0.3) is 0 Å². The van der Waals surface area contributed by atoms with Crippen LogP contribution in [0.25, 0.3) is 0 Å². The minimum Gasteiger partial charge on any atom is -0.343 e. The van der Waals surface area contributed by atoms with Crippen LogP contribution in [0.2, 0.25) is 0 Å². The van der Waals surface area contributed by atoms with Crippen LogP contribution in [0, 0.1) is 0 Å². The van der Waals surface area contributed by atoms with Crippen LogP contribution in [0.4, 0.5) is 4.79 Å². The topological polar surface area (TPSA) is 62.5 Å². The number of hydrogen-bond donors (Lipinski definition) is 0. The second-order valence-electron chi connectivity index (χ2n) is 5.97. The smallest absolute Gasteiger partial charge is 0.320 e. The number of hydrogen-bond acceptors (Lipinski definition) is 4. The Morgan fingerprint density at radius 1 is 1.30 bits per heavy atom. The summed E-state index contributed by atoms with van der Waals surface area (Å²) in [5, 5.41) is 3.96. The lowest BCUT2D eigenvalue weighted by Crippen LogP contribution is -2.43. The third-order valence-electron chi connectivity index (χ3n) is 4.26. The molecule has 1 aromatic heterocycles. The average molecular weight is 314 g/mol. The molecule has 2 heterocycles. The molecule has 6 nitrogen and oxygen atoms in total. The number of carbonyl (C=O) groups is 1. The fraction of sp³-hybridized carbons (Fsp3) is 0.471. The summed E-state index contributed by atoms with van der Waals surface area (Å²) in [6.45, 7) is 1.33. The fourth-order valence-electron chi connectivity index (χ4n) is 3.08. The summed E-state index contributed by atoms with van der Waals surface area (Å²) < 4.78 is 4.88. The molecule has 0 unspecified atom stereocenters. The lowest BCUT2D eigenvalue weighted by Gasteiger charge is -2.32. The quantitative estimate of drug-likeness (QED) is 0.872. The maximum Gasteiger partial charge on any atom is 0.320 e. The fourth-order valence-corrected chi connectivity index (χ4v) is 3.08. The highest BCUT2D eigenvalue weighted by atomic mass is 16.5. The van der Waals surface area contributed by atoms with Gasteiger partial charge in [-0.15, -0.1) is 0 Å². The largest absolute Gasteiger partial charge is 0.343 e. The molecule has 0 bridgehead atoms. The Kier molecular flexibility index (Phi) is 4.90. The van der Waals surface area contributed by atoms with Crippen molar-refractivity contribution in [2.45, 2.75) is 38.3 Å². The van der Waals surface area contributed by atoms with E-state index in [0.29, 0.717) is 12.4 Å². The second kappa shape index (κ2) is 7.26. The molecule has 0 spiro atoms. The van der Waals surface area contributed by atoms with E-state index >= 15 is 0 Å². The maximum absolute atomic E-state index is 12.9. The van der Waals surface area contributed by atoms with Crippen LogP contribution >= 0.6 is 0 Å². The number of rotatable bonds is 3. The van der Waals surface area contributed by atoms with Gasteiger partial charge in [0.1, 0.15) is 0 Å². The van der Waals surface area contributed by atoms with E-state index in [1.165, 1.54) is 6.39 Å². The summed E-state index contributed by atoms with van der Waals surface area (Å²) in [6.07, 6.45) is 5.42. The van der Waals surface area contributed by atoms with Gasteiger partial charge in [0.2, 0.25) is 6.39 Å². The van der Waals surface area contributed by atoms with Gasteiger partial charge in [-0.2, -0.15) is 4.98 Å². The molecule has 0 aliphatic carbocycles. The molecule has 2 amide bonds. The molecule has 1 fully saturated rings. The van der Waals surface area contributed by atoms with Crippen molar-refractivity contribution in [3.05, 3.63) is 48.1 Å². The third-order valence-corrected chi connectivity index (χ3v) is 4.26. The van der Waals surface area contributed by atoms with E-state index < -0.39 is 0 Å². The van der Waals surface area contributed by atoms with Crippen LogP contribution in [-0.4, -0.2) is 39.6 Å². The highest BCUT2D eigenvalue weighted by Crippen LogP contribution is 2.29. The molecule has 1 aromatic carbocycles. The molecule has 6 heteroatoms. The molecule has 122 valence electrons. The predicted octanol–water partition coefficient (Wildman–Crippen LogP) is 3.24. The molecule has 23 heavy (non-hydrogen) atoms. The van der Waals surface area contributed by atoms with Crippen LogP contribution in [-0.2, 0) is 6.54 Å². The van der Waals surface area contributed by atoms with Gasteiger partial charge in [0.05, 0.1) is 6.04 Å². The molecular formula is C17H22N4O2. The monoisotopic (exact) mass is 314 g/mol. The zero-order valence-corrected chi connectivity index (χ0v) is 13.4. The highest BCUT2D eigenvalue weighted by molar-refractivity contribution is 5.74. The number of amides is 2. The van der Waals surface area contributed by atoms with Gasteiger partial charge in [0, 0.05) is 20.1 Å². The average Bonchev–Trinajstić information content (AvgIpc) is 2.99. The van der Waals surface area contributed by atoms with Crippen LogP contribution in [0.5, 0.6) is 0 Å². The first-order valence-corrected chi connectivity index (χ1v) is 8.07.